The summed E-state index contributed by atoms with van der Waals surface area (Å²) in [6.45, 7) is -0.0725. The van der Waals surface area contributed by atoms with Gasteiger partial charge in [0.05, 0.1) is 24.5 Å². The Morgan fingerprint density at radius 2 is 1.83 bits per heavy atom. The number of aliphatic hydroxyl groups excluding tert-OH is 1. The predicted octanol–water partition coefficient (Wildman–Crippen LogP) is 3.09. The monoisotopic (exact) mass is 492 g/mol. The number of hydrogen-bond acceptors (Lipinski definition) is 7. The molecule has 0 saturated heterocycles. The molecule has 0 aliphatic heterocycles. The largest absolute Gasteiger partial charge is 0.481 e. The number of methoxy groups -OCH3 is 1. The molecule has 2 N–H and O–H groups in total. The summed E-state index contributed by atoms with van der Waals surface area (Å²) in [7, 11) is 1.56. The molecule has 0 aliphatic carbocycles. The number of aromatic nitrogens is 4. The van der Waals surface area contributed by atoms with Gasteiger partial charge in [0.15, 0.2) is 0 Å². The van der Waals surface area contributed by atoms with Crippen LogP contribution in [0, 0.1) is 11.7 Å². The van der Waals surface area contributed by atoms with Gasteiger partial charge in [0.25, 0.3) is 5.56 Å². The van der Waals surface area contributed by atoms with Crippen LogP contribution in [-0.2, 0) is 17.8 Å². The molecule has 4 rings (SSSR count). The van der Waals surface area contributed by atoms with Crippen molar-refractivity contribution in [3.63, 3.8) is 0 Å². The van der Waals surface area contributed by atoms with E-state index in [9.17, 15) is 24.2 Å². The van der Waals surface area contributed by atoms with Gasteiger partial charge >= 0.3 is 5.97 Å². The Bertz CT molecular complexity index is 1410. The molecule has 186 valence electrons. The van der Waals surface area contributed by atoms with Gasteiger partial charge in [-0.1, -0.05) is 29.5 Å². The number of carboxylic acid groups (broad SMARTS) is 1. The number of aryl methyl sites for hydroxylation is 2. The number of halogens is 1. The van der Waals surface area contributed by atoms with E-state index in [1.165, 1.54) is 12.1 Å². The van der Waals surface area contributed by atoms with E-state index >= 15 is 0 Å². The van der Waals surface area contributed by atoms with Gasteiger partial charge in [-0.25, -0.2) is 14.1 Å². The van der Waals surface area contributed by atoms with Crippen LogP contribution < -0.4 is 10.3 Å². The minimum Gasteiger partial charge on any atom is -0.481 e. The van der Waals surface area contributed by atoms with Crippen molar-refractivity contribution >= 4 is 16.9 Å². The highest BCUT2D eigenvalue weighted by Gasteiger charge is 2.26. The normalized spacial score (nSPS) is 12.9. The van der Waals surface area contributed by atoms with Crippen molar-refractivity contribution in [3.05, 3.63) is 82.5 Å². The molecule has 0 fully saturated rings. The third kappa shape index (κ3) is 5.72. The van der Waals surface area contributed by atoms with Gasteiger partial charge in [0.2, 0.25) is 5.88 Å². The highest BCUT2D eigenvalue weighted by Crippen LogP contribution is 2.22. The van der Waals surface area contributed by atoms with Gasteiger partial charge in [0, 0.05) is 24.4 Å². The average molecular weight is 493 g/mol. The maximum atomic E-state index is 13.5. The number of fused-ring (bicyclic) bond motifs is 1. The summed E-state index contributed by atoms with van der Waals surface area (Å²) in [6, 6.07) is 15.0. The first kappa shape index (κ1) is 24.9. The number of aliphatic hydroxyl groups is 1. The number of pyridine rings is 1. The Kier molecular flexibility index (Phi) is 7.65. The Morgan fingerprint density at radius 1 is 1.08 bits per heavy atom. The molecule has 36 heavy (non-hydrogen) atoms. The fraction of sp³-hybridized carbons (Fsp3) is 0.269. The van der Waals surface area contributed by atoms with Gasteiger partial charge in [-0.05, 0) is 54.7 Å². The molecule has 2 aromatic heterocycles. The Labute approximate surface area is 205 Å². The van der Waals surface area contributed by atoms with Crippen LogP contribution in [0.2, 0.25) is 0 Å². The van der Waals surface area contributed by atoms with Crippen LogP contribution in [0.4, 0.5) is 4.39 Å². The van der Waals surface area contributed by atoms with E-state index < -0.39 is 29.4 Å². The second kappa shape index (κ2) is 11.0. The minimum absolute atomic E-state index is 0.0324. The predicted molar refractivity (Wildman–Crippen MR) is 130 cm³/mol. The summed E-state index contributed by atoms with van der Waals surface area (Å²) in [4.78, 5) is 28.6. The van der Waals surface area contributed by atoms with Crippen LogP contribution in [0.25, 0.3) is 22.0 Å². The fourth-order valence-corrected chi connectivity index (χ4v) is 3.99. The summed E-state index contributed by atoms with van der Waals surface area (Å²) in [5, 5.41) is 28.0. The zero-order valence-electron chi connectivity index (χ0n) is 19.5. The van der Waals surface area contributed by atoms with Gasteiger partial charge in [0.1, 0.15) is 11.3 Å². The Morgan fingerprint density at radius 3 is 2.50 bits per heavy atom. The van der Waals surface area contributed by atoms with Crippen LogP contribution >= 0.6 is 0 Å². The fourth-order valence-electron chi connectivity index (χ4n) is 3.99. The Balaban J connectivity index is 1.37. The van der Waals surface area contributed by atoms with Crippen molar-refractivity contribution in [1.82, 2.24) is 20.0 Å². The molecule has 0 amide bonds. The number of ether oxygens (including phenoxy) is 1. The topological polar surface area (TPSA) is 127 Å². The van der Waals surface area contributed by atoms with E-state index in [0.29, 0.717) is 12.3 Å². The maximum Gasteiger partial charge on any atom is 0.309 e. The number of benzene rings is 2. The van der Waals surface area contributed by atoms with E-state index in [1.807, 2.05) is 30.3 Å². The second-order valence-corrected chi connectivity index (χ2v) is 8.40. The number of nitrogens with zero attached hydrogens (tertiary/aromatic N) is 4. The molecule has 0 spiro atoms. The zero-order valence-corrected chi connectivity index (χ0v) is 19.5. The summed E-state index contributed by atoms with van der Waals surface area (Å²) in [6.07, 6.45) is 1.26. The third-order valence-electron chi connectivity index (χ3n) is 6.08. The summed E-state index contributed by atoms with van der Waals surface area (Å²) in [5.74, 6) is -2.32. The first-order chi connectivity index (χ1) is 17.4. The van der Waals surface area contributed by atoms with Crippen molar-refractivity contribution in [3.8, 4) is 17.0 Å². The van der Waals surface area contributed by atoms with Gasteiger partial charge in [-0.3, -0.25) is 9.59 Å². The first-order valence-electron chi connectivity index (χ1n) is 11.4. The van der Waals surface area contributed by atoms with Crippen molar-refractivity contribution in [2.24, 2.45) is 5.92 Å². The molecule has 0 saturated carbocycles. The SMILES string of the molecule is COc1ccc(-c2ccc(CCC(O)C(CCn3nnc4ccc(F)cc4c3=O)C(=O)O)cc2)cn1. The van der Waals surface area contributed by atoms with Crippen LogP contribution in [0.1, 0.15) is 18.4 Å². The second-order valence-electron chi connectivity index (χ2n) is 8.40. The smallest absolute Gasteiger partial charge is 0.309 e. The summed E-state index contributed by atoms with van der Waals surface area (Å²) >= 11 is 0. The summed E-state index contributed by atoms with van der Waals surface area (Å²) < 4.78 is 19.6. The lowest BCUT2D eigenvalue weighted by Gasteiger charge is -2.19. The van der Waals surface area contributed by atoms with Crippen molar-refractivity contribution < 1.29 is 24.1 Å². The van der Waals surface area contributed by atoms with Gasteiger partial charge in [-0.2, -0.15) is 0 Å². The van der Waals surface area contributed by atoms with Crippen molar-refractivity contribution in [2.45, 2.75) is 31.9 Å². The van der Waals surface area contributed by atoms with Crippen LogP contribution in [-0.4, -0.2) is 49.4 Å². The van der Waals surface area contributed by atoms with Crippen LogP contribution in [0.3, 0.4) is 0 Å². The van der Waals surface area contributed by atoms with Crippen LogP contribution in [0.15, 0.2) is 65.6 Å². The van der Waals surface area contributed by atoms with E-state index in [1.54, 1.807) is 19.4 Å². The molecule has 2 atom stereocenters. The van der Waals surface area contributed by atoms with Crippen molar-refractivity contribution in [1.29, 1.82) is 0 Å². The van der Waals surface area contributed by atoms with E-state index in [-0.39, 0.29) is 30.3 Å². The average Bonchev–Trinajstić information content (AvgIpc) is 2.89. The molecule has 2 aromatic carbocycles. The maximum absolute atomic E-state index is 13.5. The molecule has 0 aliphatic rings. The molecule has 4 aromatic rings. The number of aliphatic carboxylic acids is 1. The van der Waals surface area contributed by atoms with E-state index in [0.717, 1.165) is 27.4 Å². The van der Waals surface area contributed by atoms with Crippen molar-refractivity contribution in [2.75, 3.05) is 7.11 Å². The number of rotatable bonds is 10. The number of carboxylic acids is 1. The summed E-state index contributed by atoms with van der Waals surface area (Å²) in [5.41, 5.74) is 2.54. The molecule has 2 heterocycles. The van der Waals surface area contributed by atoms with Gasteiger partial charge < -0.3 is 14.9 Å². The lowest BCUT2D eigenvalue weighted by Crippen LogP contribution is -2.32. The van der Waals surface area contributed by atoms with E-state index in [2.05, 4.69) is 15.3 Å². The molecule has 10 heteroatoms. The quantitative estimate of drug-likeness (QED) is 0.346. The first-order valence-corrected chi connectivity index (χ1v) is 11.4. The van der Waals surface area contributed by atoms with Gasteiger partial charge in [-0.15, -0.1) is 5.10 Å². The minimum atomic E-state index is -1.17. The molecule has 0 radical (unpaired) electrons. The molecule has 0 bridgehead atoms. The highest BCUT2D eigenvalue weighted by atomic mass is 19.1. The molecular formula is C26H25FN4O5. The van der Waals surface area contributed by atoms with Crippen LogP contribution in [0.5, 0.6) is 5.88 Å². The highest BCUT2D eigenvalue weighted by molar-refractivity contribution is 5.76. The number of carbonyl (C=O) groups is 1. The molecule has 2 unspecified atom stereocenters. The Hall–Kier alpha value is -4.18. The standard InChI is InChI=1S/C26H25FN4O5/c1-36-24-11-7-18(15-28-24)17-5-2-16(3-6-17)4-10-23(32)20(26(34)35)12-13-31-25(33)21-14-19(27)8-9-22(21)29-30-31/h2-3,5-9,11,14-15,20,23,32H,4,10,12-13H2,1H3,(H,34,35). The number of hydrogen-bond donors (Lipinski definition) is 2. The molecular weight excluding hydrogens is 467 g/mol. The lowest BCUT2D eigenvalue weighted by molar-refractivity contribution is -0.146. The molecule has 9 nitrogen and oxygen atoms in total. The zero-order chi connectivity index (χ0) is 25.7. The lowest BCUT2D eigenvalue weighted by atomic mass is 9.93. The third-order valence-corrected chi connectivity index (χ3v) is 6.08. The van der Waals surface area contributed by atoms with E-state index in [4.69, 9.17) is 4.74 Å².